The predicted octanol–water partition coefficient (Wildman–Crippen LogP) is 3.57. The van der Waals surface area contributed by atoms with Crippen molar-refractivity contribution in [1.29, 1.82) is 0 Å². The number of aryl methyl sites for hydroxylation is 1. The lowest BCUT2D eigenvalue weighted by Crippen LogP contribution is -2.50. The molecule has 3 rings (SSSR count). The number of benzene rings is 2. The number of carbonyl (C=O) groups excluding carboxylic acids is 2. The molecular weight excluding hydrogens is 412 g/mol. The summed E-state index contributed by atoms with van der Waals surface area (Å²) in [4.78, 5) is 25.2. The third-order valence-electron chi connectivity index (χ3n) is 5.09. The lowest BCUT2D eigenvalue weighted by molar-refractivity contribution is -0.150. The molecule has 0 spiro atoms. The summed E-state index contributed by atoms with van der Waals surface area (Å²) in [7, 11) is 1.31. The first-order valence-corrected chi connectivity index (χ1v) is 11.0. The van der Waals surface area contributed by atoms with Gasteiger partial charge in [0.1, 0.15) is 0 Å². The van der Waals surface area contributed by atoms with Crippen molar-refractivity contribution >= 4 is 23.6 Å². The van der Waals surface area contributed by atoms with E-state index in [2.05, 4.69) is 15.5 Å². The van der Waals surface area contributed by atoms with Crippen LogP contribution in [0.25, 0.3) is 11.4 Å². The minimum absolute atomic E-state index is 0.0886. The van der Waals surface area contributed by atoms with Crippen molar-refractivity contribution in [2.75, 3.05) is 12.9 Å². The van der Waals surface area contributed by atoms with Gasteiger partial charge in [-0.05, 0) is 31.9 Å². The monoisotopic (exact) mass is 438 g/mol. The number of ether oxygens (including phenoxy) is 1. The highest BCUT2D eigenvalue weighted by Gasteiger charge is 2.38. The van der Waals surface area contributed by atoms with Gasteiger partial charge in [0.15, 0.2) is 16.5 Å². The Morgan fingerprint density at radius 2 is 1.77 bits per heavy atom. The van der Waals surface area contributed by atoms with Gasteiger partial charge in [-0.3, -0.25) is 4.79 Å². The van der Waals surface area contributed by atoms with Gasteiger partial charge in [-0.25, -0.2) is 4.79 Å². The molecule has 0 aliphatic rings. The van der Waals surface area contributed by atoms with Crippen LogP contribution >= 0.6 is 11.8 Å². The molecule has 31 heavy (non-hydrogen) atoms. The summed E-state index contributed by atoms with van der Waals surface area (Å²) in [6.45, 7) is 6.35. The summed E-state index contributed by atoms with van der Waals surface area (Å²) in [6.07, 6.45) is 0. The molecule has 1 aromatic heterocycles. The van der Waals surface area contributed by atoms with E-state index in [-0.39, 0.29) is 11.7 Å². The molecule has 0 saturated carbocycles. The lowest BCUT2D eigenvalue weighted by atomic mass is 9.92. The number of amides is 1. The maximum absolute atomic E-state index is 12.8. The van der Waals surface area contributed by atoms with Gasteiger partial charge < -0.3 is 14.6 Å². The predicted molar refractivity (Wildman–Crippen MR) is 121 cm³/mol. The van der Waals surface area contributed by atoms with Gasteiger partial charge in [-0.1, -0.05) is 66.4 Å². The second-order valence-electron chi connectivity index (χ2n) is 7.18. The maximum Gasteiger partial charge on any atom is 0.336 e. The first kappa shape index (κ1) is 22.6. The fourth-order valence-electron chi connectivity index (χ4n) is 3.37. The number of aromatic nitrogens is 3. The van der Waals surface area contributed by atoms with Gasteiger partial charge >= 0.3 is 5.97 Å². The molecule has 0 aliphatic heterocycles. The summed E-state index contributed by atoms with van der Waals surface area (Å²) in [6, 6.07) is 17.0. The van der Waals surface area contributed by atoms with Gasteiger partial charge in [-0.2, -0.15) is 0 Å². The molecular formula is C23H26N4O3S. The lowest BCUT2D eigenvalue weighted by Gasteiger charge is -2.28. The summed E-state index contributed by atoms with van der Waals surface area (Å²) < 4.78 is 6.93. The SMILES string of the molecule is CCn1c(SCC(=O)N[C@](C)(C(=O)OC)c2ccccc2)nnc1-c1ccccc1C. The van der Waals surface area contributed by atoms with Crippen LogP contribution in [0.3, 0.4) is 0 Å². The smallest absolute Gasteiger partial charge is 0.336 e. The van der Waals surface area contributed by atoms with Gasteiger partial charge in [0, 0.05) is 12.1 Å². The van der Waals surface area contributed by atoms with E-state index in [1.165, 1.54) is 18.9 Å². The Hall–Kier alpha value is -3.13. The molecule has 1 atom stereocenters. The number of carbonyl (C=O) groups is 2. The Kier molecular flexibility index (Phi) is 7.12. The van der Waals surface area contributed by atoms with E-state index in [4.69, 9.17) is 4.74 Å². The number of thioether (sulfide) groups is 1. The largest absolute Gasteiger partial charge is 0.467 e. The number of nitrogens with zero attached hydrogens (tertiary/aromatic N) is 3. The second kappa shape index (κ2) is 9.78. The topological polar surface area (TPSA) is 86.1 Å². The molecule has 1 N–H and O–H groups in total. The maximum atomic E-state index is 12.8. The van der Waals surface area contributed by atoms with Gasteiger partial charge in [0.25, 0.3) is 0 Å². The molecule has 0 unspecified atom stereocenters. The van der Waals surface area contributed by atoms with Crippen molar-refractivity contribution in [1.82, 2.24) is 20.1 Å². The first-order valence-electron chi connectivity index (χ1n) is 9.97. The Bertz CT molecular complexity index is 1070. The van der Waals surface area contributed by atoms with E-state index in [0.29, 0.717) is 17.3 Å². The number of hydrogen-bond donors (Lipinski definition) is 1. The highest BCUT2D eigenvalue weighted by molar-refractivity contribution is 7.99. The van der Waals surface area contributed by atoms with Gasteiger partial charge in [0.05, 0.1) is 12.9 Å². The highest BCUT2D eigenvalue weighted by atomic mass is 32.2. The summed E-state index contributed by atoms with van der Waals surface area (Å²) in [5, 5.41) is 12.1. The van der Waals surface area contributed by atoms with Crippen LogP contribution in [0.2, 0.25) is 0 Å². The fourth-order valence-corrected chi connectivity index (χ4v) is 4.17. The van der Waals surface area contributed by atoms with E-state index >= 15 is 0 Å². The Balaban J connectivity index is 1.76. The van der Waals surface area contributed by atoms with Crippen LogP contribution in [0.1, 0.15) is 25.0 Å². The standard InChI is InChI=1S/C23H26N4O3S/c1-5-27-20(18-14-10-9-11-16(18)2)25-26-22(27)31-15-19(28)24-23(3,21(29)30-4)17-12-7-6-8-13-17/h6-14H,5,15H2,1-4H3,(H,24,28)/t23-/m0/s1. The van der Waals surface area contributed by atoms with Crippen LogP contribution in [0, 0.1) is 6.92 Å². The molecule has 0 saturated heterocycles. The van der Waals surface area contributed by atoms with Crippen molar-refractivity contribution in [2.45, 2.75) is 38.0 Å². The number of esters is 1. The van der Waals surface area contributed by atoms with E-state index in [1.54, 1.807) is 19.1 Å². The molecule has 2 aromatic carbocycles. The molecule has 7 nitrogen and oxygen atoms in total. The quantitative estimate of drug-likeness (QED) is 0.427. The van der Waals surface area contributed by atoms with Crippen LogP contribution in [0.4, 0.5) is 0 Å². The molecule has 1 heterocycles. The minimum Gasteiger partial charge on any atom is -0.467 e. The third-order valence-corrected chi connectivity index (χ3v) is 6.05. The molecule has 3 aromatic rings. The minimum atomic E-state index is -1.28. The Morgan fingerprint density at radius 3 is 2.42 bits per heavy atom. The average Bonchev–Trinajstić information content (AvgIpc) is 3.20. The Labute approximate surface area is 186 Å². The van der Waals surface area contributed by atoms with Crippen molar-refractivity contribution in [3.05, 3.63) is 65.7 Å². The van der Waals surface area contributed by atoms with Crippen LogP contribution in [-0.2, 0) is 26.4 Å². The average molecular weight is 439 g/mol. The molecule has 0 bridgehead atoms. The van der Waals surface area contributed by atoms with Crippen molar-refractivity contribution in [2.24, 2.45) is 0 Å². The molecule has 162 valence electrons. The number of methoxy groups -OCH3 is 1. The number of nitrogens with one attached hydrogen (secondary N) is 1. The van der Waals surface area contributed by atoms with Gasteiger partial charge in [-0.15, -0.1) is 10.2 Å². The number of rotatable bonds is 8. The molecule has 0 radical (unpaired) electrons. The van der Waals surface area contributed by atoms with Crippen LogP contribution in [-0.4, -0.2) is 39.5 Å². The fraction of sp³-hybridized carbons (Fsp3) is 0.304. The number of hydrogen-bond acceptors (Lipinski definition) is 6. The normalized spacial score (nSPS) is 12.8. The van der Waals surface area contributed by atoms with Crippen LogP contribution in [0.15, 0.2) is 59.8 Å². The second-order valence-corrected chi connectivity index (χ2v) is 8.13. The van der Waals surface area contributed by atoms with E-state index in [9.17, 15) is 9.59 Å². The third kappa shape index (κ3) is 4.80. The summed E-state index contributed by atoms with van der Waals surface area (Å²) in [5.41, 5.74) is 1.49. The van der Waals surface area contributed by atoms with E-state index in [0.717, 1.165) is 17.0 Å². The zero-order valence-corrected chi connectivity index (χ0v) is 18.9. The van der Waals surface area contributed by atoms with Crippen LogP contribution < -0.4 is 5.32 Å². The summed E-state index contributed by atoms with van der Waals surface area (Å²) in [5.74, 6) is 0.0263. The molecule has 0 aliphatic carbocycles. The molecule has 0 fully saturated rings. The van der Waals surface area contributed by atoms with E-state index < -0.39 is 11.5 Å². The molecule has 8 heteroatoms. The first-order chi connectivity index (χ1) is 14.9. The highest BCUT2D eigenvalue weighted by Crippen LogP contribution is 2.27. The zero-order chi connectivity index (χ0) is 22.4. The molecule has 1 amide bonds. The van der Waals surface area contributed by atoms with Crippen molar-refractivity contribution in [3.63, 3.8) is 0 Å². The van der Waals surface area contributed by atoms with E-state index in [1.807, 2.05) is 60.9 Å². The summed E-state index contributed by atoms with van der Waals surface area (Å²) >= 11 is 1.28. The Morgan fingerprint density at radius 1 is 1.10 bits per heavy atom. The van der Waals surface area contributed by atoms with Crippen molar-refractivity contribution in [3.8, 4) is 11.4 Å². The zero-order valence-electron chi connectivity index (χ0n) is 18.1. The van der Waals surface area contributed by atoms with Gasteiger partial charge in [0.2, 0.25) is 5.91 Å². The van der Waals surface area contributed by atoms with Crippen LogP contribution in [0.5, 0.6) is 0 Å². The van der Waals surface area contributed by atoms with Crippen molar-refractivity contribution < 1.29 is 14.3 Å².